The summed E-state index contributed by atoms with van der Waals surface area (Å²) < 4.78 is 5.56. The van der Waals surface area contributed by atoms with Crippen molar-refractivity contribution in [3.63, 3.8) is 0 Å². The van der Waals surface area contributed by atoms with Crippen LogP contribution in [0, 0.1) is 0 Å². The van der Waals surface area contributed by atoms with Crippen LogP contribution in [-0.4, -0.2) is 59.7 Å². The summed E-state index contributed by atoms with van der Waals surface area (Å²) in [5.74, 6) is 0.691. The van der Waals surface area contributed by atoms with Crippen molar-refractivity contribution in [1.82, 2.24) is 20.0 Å². The van der Waals surface area contributed by atoms with Gasteiger partial charge < -0.3 is 14.5 Å². The molecule has 3 aromatic rings. The number of nitrogens with zero attached hydrogens (tertiary/aromatic N) is 3. The fourth-order valence-corrected chi connectivity index (χ4v) is 3.75. The van der Waals surface area contributed by atoms with E-state index in [9.17, 15) is 4.79 Å². The number of amides is 1. The SMILES string of the molecule is COc1cc(C(=O)N2CCN(C)CC2c2ccccc2)ccc1-c1cn[nH]c1. The first-order chi connectivity index (χ1) is 13.7. The summed E-state index contributed by atoms with van der Waals surface area (Å²) in [6.45, 7) is 2.37. The number of aromatic nitrogens is 2. The average molecular weight is 376 g/mol. The van der Waals surface area contributed by atoms with Crippen molar-refractivity contribution < 1.29 is 9.53 Å². The zero-order valence-electron chi connectivity index (χ0n) is 16.1. The molecular weight excluding hydrogens is 352 g/mol. The van der Waals surface area contributed by atoms with E-state index < -0.39 is 0 Å². The Morgan fingerprint density at radius 3 is 2.71 bits per heavy atom. The third kappa shape index (κ3) is 3.51. The first-order valence-corrected chi connectivity index (χ1v) is 9.39. The standard InChI is InChI=1S/C22H24N4O2/c1-25-10-11-26(20(15-25)16-6-4-3-5-7-16)22(27)17-8-9-19(21(12-17)28-2)18-13-23-24-14-18/h3-9,12-14,20H,10-11,15H2,1-2H3,(H,23,24). The molecule has 1 fully saturated rings. The monoisotopic (exact) mass is 376 g/mol. The van der Waals surface area contributed by atoms with Crippen LogP contribution in [0.3, 0.4) is 0 Å². The number of ether oxygens (including phenoxy) is 1. The van der Waals surface area contributed by atoms with E-state index >= 15 is 0 Å². The van der Waals surface area contributed by atoms with Crippen LogP contribution in [0.25, 0.3) is 11.1 Å². The molecule has 1 aliphatic rings. The second kappa shape index (κ2) is 7.86. The number of rotatable bonds is 4. The molecule has 1 atom stereocenters. The number of piperazine rings is 1. The molecule has 6 nitrogen and oxygen atoms in total. The van der Waals surface area contributed by atoms with Crippen molar-refractivity contribution >= 4 is 5.91 Å². The highest BCUT2D eigenvalue weighted by Gasteiger charge is 2.31. The van der Waals surface area contributed by atoms with E-state index in [1.165, 1.54) is 0 Å². The highest BCUT2D eigenvalue weighted by molar-refractivity contribution is 5.96. The van der Waals surface area contributed by atoms with Crippen LogP contribution >= 0.6 is 0 Å². The van der Waals surface area contributed by atoms with Gasteiger partial charge in [0.05, 0.1) is 19.3 Å². The van der Waals surface area contributed by atoms with E-state index in [1.807, 2.05) is 47.5 Å². The Labute approximate surface area is 164 Å². The lowest BCUT2D eigenvalue weighted by Gasteiger charge is -2.40. The van der Waals surface area contributed by atoms with E-state index in [2.05, 4.69) is 34.3 Å². The Morgan fingerprint density at radius 1 is 1.18 bits per heavy atom. The number of aromatic amines is 1. The molecule has 28 heavy (non-hydrogen) atoms. The second-order valence-corrected chi connectivity index (χ2v) is 7.09. The molecule has 0 radical (unpaired) electrons. The zero-order chi connectivity index (χ0) is 19.5. The minimum atomic E-state index is 0.0268. The van der Waals surface area contributed by atoms with Gasteiger partial charge >= 0.3 is 0 Å². The van der Waals surface area contributed by atoms with Gasteiger partial charge in [0.2, 0.25) is 0 Å². The number of H-pyrrole nitrogens is 1. The number of hydrogen-bond donors (Lipinski definition) is 1. The van der Waals surface area contributed by atoms with Crippen LogP contribution in [-0.2, 0) is 0 Å². The topological polar surface area (TPSA) is 61.5 Å². The summed E-state index contributed by atoms with van der Waals surface area (Å²) in [6, 6.07) is 15.9. The van der Waals surface area contributed by atoms with Crippen LogP contribution < -0.4 is 4.74 Å². The quantitative estimate of drug-likeness (QED) is 0.760. The van der Waals surface area contributed by atoms with E-state index in [1.54, 1.807) is 13.3 Å². The van der Waals surface area contributed by atoms with Crippen LogP contribution in [0.2, 0.25) is 0 Å². The minimum Gasteiger partial charge on any atom is -0.496 e. The Morgan fingerprint density at radius 2 is 2.00 bits per heavy atom. The van der Waals surface area contributed by atoms with Gasteiger partial charge in [-0.3, -0.25) is 9.89 Å². The molecular formula is C22H24N4O2. The van der Waals surface area contributed by atoms with Crippen molar-refractivity contribution in [3.05, 3.63) is 72.1 Å². The summed E-state index contributed by atoms with van der Waals surface area (Å²) >= 11 is 0. The van der Waals surface area contributed by atoms with E-state index in [0.717, 1.165) is 29.8 Å². The molecule has 0 bridgehead atoms. The maximum absolute atomic E-state index is 13.4. The molecule has 1 saturated heterocycles. The first kappa shape index (κ1) is 18.3. The summed E-state index contributed by atoms with van der Waals surface area (Å²) in [5, 5.41) is 6.81. The van der Waals surface area contributed by atoms with E-state index in [-0.39, 0.29) is 11.9 Å². The maximum Gasteiger partial charge on any atom is 0.254 e. The smallest absolute Gasteiger partial charge is 0.254 e. The fraction of sp³-hybridized carbons (Fsp3) is 0.273. The van der Waals surface area contributed by atoms with Crippen LogP contribution in [0.4, 0.5) is 0 Å². The van der Waals surface area contributed by atoms with Crippen molar-refractivity contribution in [2.45, 2.75) is 6.04 Å². The van der Waals surface area contributed by atoms with Crippen molar-refractivity contribution in [3.8, 4) is 16.9 Å². The van der Waals surface area contributed by atoms with Crippen LogP contribution in [0.1, 0.15) is 22.0 Å². The van der Waals surface area contributed by atoms with Gasteiger partial charge in [-0.05, 0) is 30.8 Å². The molecule has 1 aliphatic heterocycles. The molecule has 0 aliphatic carbocycles. The molecule has 6 heteroatoms. The lowest BCUT2D eigenvalue weighted by atomic mass is 10.00. The predicted molar refractivity (Wildman–Crippen MR) is 108 cm³/mol. The molecule has 1 aromatic heterocycles. The number of nitrogens with one attached hydrogen (secondary N) is 1. The van der Waals surface area contributed by atoms with Crippen molar-refractivity contribution in [2.75, 3.05) is 33.8 Å². The summed E-state index contributed by atoms with van der Waals surface area (Å²) in [7, 11) is 3.72. The molecule has 4 rings (SSSR count). The fourth-order valence-electron chi connectivity index (χ4n) is 3.75. The number of hydrogen-bond acceptors (Lipinski definition) is 4. The molecule has 2 heterocycles. The molecule has 144 valence electrons. The lowest BCUT2D eigenvalue weighted by Crippen LogP contribution is -2.49. The number of benzene rings is 2. The zero-order valence-corrected chi connectivity index (χ0v) is 16.1. The van der Waals surface area contributed by atoms with Crippen molar-refractivity contribution in [2.24, 2.45) is 0 Å². The molecule has 1 N–H and O–H groups in total. The van der Waals surface area contributed by atoms with Crippen molar-refractivity contribution in [1.29, 1.82) is 0 Å². The second-order valence-electron chi connectivity index (χ2n) is 7.09. The Kier molecular flexibility index (Phi) is 5.12. The highest BCUT2D eigenvalue weighted by atomic mass is 16.5. The number of methoxy groups -OCH3 is 1. The van der Waals surface area contributed by atoms with Gasteiger partial charge in [-0.15, -0.1) is 0 Å². The molecule has 1 amide bonds. The summed E-state index contributed by atoms with van der Waals surface area (Å²) in [5.41, 5.74) is 3.63. The van der Waals surface area contributed by atoms with Gasteiger partial charge in [-0.1, -0.05) is 30.3 Å². The van der Waals surface area contributed by atoms with E-state index in [0.29, 0.717) is 17.9 Å². The molecule has 2 aromatic carbocycles. The number of likely N-dealkylation sites (N-methyl/N-ethyl adjacent to an activating group) is 1. The third-order valence-electron chi connectivity index (χ3n) is 5.29. The summed E-state index contributed by atoms with van der Waals surface area (Å²) in [4.78, 5) is 17.6. The largest absolute Gasteiger partial charge is 0.496 e. The van der Waals surface area contributed by atoms with Crippen LogP contribution in [0.15, 0.2) is 60.9 Å². The maximum atomic E-state index is 13.4. The van der Waals surface area contributed by atoms with E-state index in [4.69, 9.17) is 4.74 Å². The van der Waals surface area contributed by atoms with Gasteiger partial charge in [0.15, 0.2) is 0 Å². The van der Waals surface area contributed by atoms with Gasteiger partial charge in [0.25, 0.3) is 5.91 Å². The van der Waals surface area contributed by atoms with Gasteiger partial charge in [-0.25, -0.2) is 0 Å². The number of carbonyl (C=O) groups is 1. The normalized spacial score (nSPS) is 17.5. The Balaban J connectivity index is 1.66. The van der Waals surface area contributed by atoms with Gasteiger partial charge in [0.1, 0.15) is 5.75 Å². The Hall–Kier alpha value is -3.12. The van der Waals surface area contributed by atoms with Gasteiger partial charge in [0, 0.05) is 42.5 Å². The Bertz CT molecular complexity index is 940. The lowest BCUT2D eigenvalue weighted by molar-refractivity contribution is 0.0497. The summed E-state index contributed by atoms with van der Waals surface area (Å²) in [6.07, 6.45) is 3.55. The highest BCUT2D eigenvalue weighted by Crippen LogP contribution is 2.32. The number of carbonyl (C=O) groups excluding carboxylic acids is 1. The molecule has 1 unspecified atom stereocenters. The molecule has 0 spiro atoms. The minimum absolute atomic E-state index is 0.0268. The van der Waals surface area contributed by atoms with Crippen LogP contribution in [0.5, 0.6) is 5.75 Å². The third-order valence-corrected chi connectivity index (χ3v) is 5.29. The molecule has 0 saturated carbocycles. The predicted octanol–water partition coefficient (Wildman–Crippen LogP) is 3.21. The first-order valence-electron chi connectivity index (χ1n) is 9.39. The van der Waals surface area contributed by atoms with Gasteiger partial charge in [-0.2, -0.15) is 5.10 Å². The average Bonchev–Trinajstić information content (AvgIpc) is 3.28.